The fraction of sp³-hybridized carbons (Fsp3) is 0.364. The lowest BCUT2D eigenvalue weighted by atomic mass is 10.1. The van der Waals surface area contributed by atoms with Crippen molar-refractivity contribution in [3.63, 3.8) is 0 Å². The van der Waals surface area contributed by atoms with Crippen molar-refractivity contribution in [3.05, 3.63) is 29.8 Å². The first-order chi connectivity index (χ1) is 7.51. The van der Waals surface area contributed by atoms with Crippen molar-refractivity contribution in [2.45, 2.75) is 19.4 Å². The summed E-state index contributed by atoms with van der Waals surface area (Å²) in [6.45, 7) is 1.93. The molecular formula is C11H17NO4. The number of aromatic hydroxyl groups is 1. The molecule has 0 saturated carbocycles. The summed E-state index contributed by atoms with van der Waals surface area (Å²) in [5.74, 6) is -0.860. The highest BCUT2D eigenvalue weighted by Crippen LogP contribution is 2.10. The normalized spacial score (nSPS) is 11.2. The number of aliphatic hydroxyl groups is 1. The largest absolute Gasteiger partial charge is 0.508 e. The highest BCUT2D eigenvalue weighted by molar-refractivity contribution is 5.73. The van der Waals surface area contributed by atoms with E-state index < -0.39 is 12.0 Å². The molecule has 0 aliphatic heterocycles. The monoisotopic (exact) mass is 227 g/mol. The lowest BCUT2D eigenvalue weighted by Crippen LogP contribution is -2.32. The molecule has 1 aromatic rings. The maximum Gasteiger partial charge on any atom is 0.320 e. The molecule has 0 heterocycles. The third-order valence-corrected chi connectivity index (χ3v) is 1.71. The van der Waals surface area contributed by atoms with Crippen molar-refractivity contribution in [3.8, 4) is 5.75 Å². The van der Waals surface area contributed by atoms with E-state index in [1.165, 1.54) is 12.1 Å². The number of aliphatic carboxylic acids is 1. The molecule has 0 fully saturated rings. The second kappa shape index (κ2) is 7.67. The van der Waals surface area contributed by atoms with Crippen molar-refractivity contribution in [2.75, 3.05) is 6.61 Å². The summed E-state index contributed by atoms with van der Waals surface area (Å²) in [4.78, 5) is 10.4. The van der Waals surface area contributed by atoms with Crippen LogP contribution in [0, 0.1) is 0 Å². The molecule has 0 radical (unpaired) electrons. The summed E-state index contributed by atoms with van der Waals surface area (Å²) in [7, 11) is 0. The van der Waals surface area contributed by atoms with Gasteiger partial charge in [-0.2, -0.15) is 0 Å². The minimum Gasteiger partial charge on any atom is -0.508 e. The van der Waals surface area contributed by atoms with Crippen LogP contribution in [0.3, 0.4) is 0 Å². The topological polar surface area (TPSA) is 104 Å². The van der Waals surface area contributed by atoms with E-state index in [4.69, 9.17) is 21.1 Å². The molecule has 1 aromatic carbocycles. The highest BCUT2D eigenvalue weighted by atomic mass is 16.4. The van der Waals surface area contributed by atoms with E-state index in [0.29, 0.717) is 0 Å². The Hall–Kier alpha value is -1.59. The van der Waals surface area contributed by atoms with Crippen LogP contribution in [0.25, 0.3) is 0 Å². The molecule has 0 aliphatic carbocycles. The zero-order valence-electron chi connectivity index (χ0n) is 9.13. The van der Waals surface area contributed by atoms with E-state index in [-0.39, 0.29) is 18.8 Å². The van der Waals surface area contributed by atoms with Gasteiger partial charge in [-0.15, -0.1) is 0 Å². The van der Waals surface area contributed by atoms with Gasteiger partial charge in [0.2, 0.25) is 0 Å². The van der Waals surface area contributed by atoms with Gasteiger partial charge >= 0.3 is 5.97 Å². The molecule has 0 unspecified atom stereocenters. The van der Waals surface area contributed by atoms with Gasteiger partial charge in [0.1, 0.15) is 11.8 Å². The van der Waals surface area contributed by atoms with Gasteiger partial charge in [0, 0.05) is 6.61 Å². The van der Waals surface area contributed by atoms with Crippen LogP contribution in [0.2, 0.25) is 0 Å². The summed E-state index contributed by atoms with van der Waals surface area (Å²) >= 11 is 0. The van der Waals surface area contributed by atoms with Gasteiger partial charge < -0.3 is 21.1 Å². The minimum atomic E-state index is -1.02. The number of carboxylic acid groups (broad SMARTS) is 1. The number of aliphatic hydroxyl groups excluding tert-OH is 1. The molecule has 0 spiro atoms. The Labute approximate surface area is 94.1 Å². The van der Waals surface area contributed by atoms with Crippen LogP contribution in [0.5, 0.6) is 5.75 Å². The Morgan fingerprint density at radius 2 is 1.81 bits per heavy atom. The lowest BCUT2D eigenvalue weighted by molar-refractivity contribution is -0.138. The molecule has 5 nitrogen and oxygen atoms in total. The molecule has 0 bridgehead atoms. The number of carboxylic acids is 1. The number of hydrogen-bond acceptors (Lipinski definition) is 4. The van der Waals surface area contributed by atoms with E-state index in [0.717, 1.165) is 5.56 Å². The number of benzene rings is 1. The number of rotatable bonds is 3. The van der Waals surface area contributed by atoms with Gasteiger partial charge in [-0.25, -0.2) is 0 Å². The van der Waals surface area contributed by atoms with Crippen LogP contribution in [0.4, 0.5) is 0 Å². The number of nitrogens with two attached hydrogens (primary N) is 1. The van der Waals surface area contributed by atoms with E-state index >= 15 is 0 Å². The molecule has 1 atom stereocenters. The number of carbonyl (C=O) groups is 1. The average molecular weight is 227 g/mol. The molecule has 1 rings (SSSR count). The fourth-order valence-corrected chi connectivity index (χ4v) is 0.973. The standard InChI is InChI=1S/C9H11NO3.C2H6O/c10-8(9(12)13)5-6-1-3-7(11)4-2-6;1-2-3/h1-4,8,11H,5,10H2,(H,12,13);3H,2H2,1H3/t8-;/m0./s1. The maximum absolute atomic E-state index is 10.4. The fourth-order valence-electron chi connectivity index (χ4n) is 0.973. The zero-order valence-corrected chi connectivity index (χ0v) is 9.13. The van der Waals surface area contributed by atoms with Crippen molar-refractivity contribution in [2.24, 2.45) is 5.73 Å². The lowest BCUT2D eigenvalue weighted by Gasteiger charge is -2.05. The van der Waals surface area contributed by atoms with E-state index in [2.05, 4.69) is 0 Å². The molecule has 5 N–H and O–H groups in total. The van der Waals surface area contributed by atoms with Crippen molar-refractivity contribution >= 4 is 5.97 Å². The summed E-state index contributed by atoms with van der Waals surface area (Å²) in [5, 5.41) is 25.0. The number of phenolic OH excluding ortho intramolecular Hbond substituents is 1. The van der Waals surface area contributed by atoms with Gasteiger partial charge in [-0.1, -0.05) is 12.1 Å². The predicted octanol–water partition coefficient (Wildman–Crippen LogP) is 0.345. The van der Waals surface area contributed by atoms with E-state index in [1.54, 1.807) is 19.1 Å². The Morgan fingerprint density at radius 1 is 1.38 bits per heavy atom. The molecule has 0 saturated heterocycles. The van der Waals surface area contributed by atoms with Crippen LogP contribution >= 0.6 is 0 Å². The van der Waals surface area contributed by atoms with Gasteiger partial charge in [0.15, 0.2) is 0 Å². The smallest absolute Gasteiger partial charge is 0.320 e. The first-order valence-corrected chi connectivity index (χ1v) is 4.88. The van der Waals surface area contributed by atoms with Gasteiger partial charge in [-0.3, -0.25) is 4.79 Å². The molecule has 16 heavy (non-hydrogen) atoms. The summed E-state index contributed by atoms with van der Waals surface area (Å²) in [5.41, 5.74) is 6.12. The van der Waals surface area contributed by atoms with Crippen LogP contribution in [-0.4, -0.2) is 33.9 Å². The molecule has 0 amide bonds. The third kappa shape index (κ3) is 6.00. The Kier molecular flexibility index (Phi) is 6.91. The molecular weight excluding hydrogens is 210 g/mol. The van der Waals surface area contributed by atoms with Crippen molar-refractivity contribution in [1.82, 2.24) is 0 Å². The van der Waals surface area contributed by atoms with E-state index in [1.807, 2.05) is 0 Å². The van der Waals surface area contributed by atoms with E-state index in [9.17, 15) is 4.79 Å². The second-order valence-electron chi connectivity index (χ2n) is 3.13. The predicted molar refractivity (Wildman–Crippen MR) is 60.2 cm³/mol. The first kappa shape index (κ1) is 14.4. The first-order valence-electron chi connectivity index (χ1n) is 4.88. The summed E-state index contributed by atoms with van der Waals surface area (Å²) in [6, 6.07) is 5.42. The van der Waals surface area contributed by atoms with Crippen molar-refractivity contribution in [1.29, 1.82) is 0 Å². The van der Waals surface area contributed by atoms with Crippen LogP contribution in [0.15, 0.2) is 24.3 Å². The third-order valence-electron chi connectivity index (χ3n) is 1.71. The molecule has 90 valence electrons. The van der Waals surface area contributed by atoms with Gasteiger partial charge in [-0.05, 0) is 31.0 Å². The van der Waals surface area contributed by atoms with Crippen LogP contribution in [-0.2, 0) is 11.2 Å². The number of hydrogen-bond donors (Lipinski definition) is 4. The van der Waals surface area contributed by atoms with Gasteiger partial charge in [0.25, 0.3) is 0 Å². The maximum atomic E-state index is 10.4. The van der Waals surface area contributed by atoms with Crippen LogP contribution < -0.4 is 5.73 Å². The number of phenols is 1. The Morgan fingerprint density at radius 3 is 2.19 bits per heavy atom. The molecule has 5 heteroatoms. The average Bonchev–Trinajstić information content (AvgIpc) is 2.22. The second-order valence-corrected chi connectivity index (χ2v) is 3.13. The summed E-state index contributed by atoms with van der Waals surface area (Å²) < 4.78 is 0. The van der Waals surface area contributed by atoms with Gasteiger partial charge in [0.05, 0.1) is 0 Å². The molecule has 0 aromatic heterocycles. The highest BCUT2D eigenvalue weighted by Gasteiger charge is 2.11. The quantitative estimate of drug-likeness (QED) is 0.596. The SMILES string of the molecule is CCO.N[C@@H](Cc1ccc(O)cc1)C(=O)O. The summed E-state index contributed by atoms with van der Waals surface area (Å²) in [6.07, 6.45) is 0.273. The van der Waals surface area contributed by atoms with Crippen molar-refractivity contribution < 1.29 is 20.1 Å². The Balaban J connectivity index is 0.000000673. The Bertz CT molecular complexity index is 310. The molecule has 0 aliphatic rings. The van der Waals surface area contributed by atoms with Crippen LogP contribution in [0.1, 0.15) is 12.5 Å². The zero-order chi connectivity index (χ0) is 12.6. The minimum absolute atomic E-state index is 0.160.